The second kappa shape index (κ2) is 8.13. The van der Waals surface area contributed by atoms with Gasteiger partial charge in [-0.3, -0.25) is 9.62 Å². The summed E-state index contributed by atoms with van der Waals surface area (Å²) in [4.78, 5) is 4.89. The van der Waals surface area contributed by atoms with Crippen molar-refractivity contribution in [1.29, 1.82) is 0 Å². The van der Waals surface area contributed by atoms with Gasteiger partial charge in [0.1, 0.15) is 5.66 Å². The van der Waals surface area contributed by atoms with E-state index in [1.165, 1.54) is 10.6 Å². The molecule has 0 amide bonds. The predicted molar refractivity (Wildman–Crippen MR) is 116 cm³/mol. The van der Waals surface area contributed by atoms with Gasteiger partial charge in [0.05, 0.1) is 11.9 Å². The number of hydrogen-bond donors (Lipinski definition) is 3. The molecule has 7 nitrogen and oxygen atoms in total. The molecule has 0 aromatic heterocycles. The van der Waals surface area contributed by atoms with Gasteiger partial charge in [-0.25, -0.2) is 13.4 Å². The summed E-state index contributed by atoms with van der Waals surface area (Å²) in [7, 11) is -3.27. The van der Waals surface area contributed by atoms with E-state index in [1.54, 1.807) is 0 Å². The molecule has 2 heterocycles. The second-order valence-electron chi connectivity index (χ2n) is 7.37. The molecule has 1 aromatic rings. The monoisotopic (exact) mass is 405 g/mol. The third kappa shape index (κ3) is 4.33. The fourth-order valence-corrected chi connectivity index (χ4v) is 4.76. The Balaban J connectivity index is 1.89. The molecule has 0 saturated carbocycles. The second-order valence-corrected chi connectivity index (χ2v) is 9.27. The Kier molecular flexibility index (Phi) is 6.00. The third-order valence-corrected chi connectivity index (χ3v) is 6.33. The number of sulfonamides is 1. The molecule has 2 aliphatic rings. The van der Waals surface area contributed by atoms with Gasteiger partial charge in [-0.2, -0.15) is 0 Å². The Labute approximate surface area is 168 Å². The van der Waals surface area contributed by atoms with Gasteiger partial charge >= 0.3 is 0 Å². The van der Waals surface area contributed by atoms with Crippen molar-refractivity contribution in [3.8, 4) is 0 Å². The van der Waals surface area contributed by atoms with E-state index in [-0.39, 0.29) is 0 Å². The summed E-state index contributed by atoms with van der Waals surface area (Å²) >= 11 is 0. The van der Waals surface area contributed by atoms with Crippen LogP contribution in [0.25, 0.3) is 0 Å². The van der Waals surface area contributed by atoms with Crippen molar-refractivity contribution >= 4 is 27.4 Å². The van der Waals surface area contributed by atoms with Gasteiger partial charge in [0, 0.05) is 17.9 Å². The van der Waals surface area contributed by atoms with Crippen LogP contribution in [0.2, 0.25) is 0 Å². The zero-order chi connectivity index (χ0) is 20.4. The number of aliphatic imine (C=N–C) groups is 1. The molecule has 0 bridgehead atoms. The molecule has 0 spiro atoms. The Hall–Kier alpha value is -2.06. The van der Waals surface area contributed by atoms with Gasteiger partial charge in [0.25, 0.3) is 0 Å². The normalized spacial score (nSPS) is 21.6. The van der Waals surface area contributed by atoms with E-state index in [0.29, 0.717) is 12.5 Å². The van der Waals surface area contributed by atoms with Crippen molar-refractivity contribution in [3.63, 3.8) is 0 Å². The highest BCUT2D eigenvalue weighted by atomic mass is 32.2. The standard InChI is InChI=1S/C20H31N5O2S/c1-5-8-17-14-20(6-2,21-7-3)24-19(23-17)22-16-10-9-15-11-12-25(18(15)13-16)28(4,26)27/h9-10,13-14,21H,5-8,11-12H2,1-4H3,(H2,22,23,24). The molecule has 2 aliphatic heterocycles. The summed E-state index contributed by atoms with van der Waals surface area (Å²) in [5.41, 5.74) is 3.34. The van der Waals surface area contributed by atoms with Gasteiger partial charge in [0.2, 0.25) is 16.0 Å². The van der Waals surface area contributed by atoms with Crippen molar-refractivity contribution < 1.29 is 8.42 Å². The minimum Gasteiger partial charge on any atom is -0.330 e. The number of anilines is 2. The molecule has 0 saturated heterocycles. The maximum Gasteiger partial charge on any atom is 0.232 e. The number of allylic oxidation sites excluding steroid dienone is 1. The molecule has 1 unspecified atom stereocenters. The van der Waals surface area contributed by atoms with Gasteiger partial charge < -0.3 is 10.6 Å². The van der Waals surface area contributed by atoms with E-state index in [9.17, 15) is 8.42 Å². The van der Waals surface area contributed by atoms with Gasteiger partial charge in [-0.15, -0.1) is 0 Å². The zero-order valence-electron chi connectivity index (χ0n) is 17.2. The Morgan fingerprint density at radius 2 is 2.07 bits per heavy atom. The first-order valence-corrected chi connectivity index (χ1v) is 11.9. The predicted octanol–water partition coefficient (Wildman–Crippen LogP) is 2.78. The summed E-state index contributed by atoms with van der Waals surface area (Å²) in [6.07, 6.45) is 7.00. The number of nitrogens with zero attached hydrogens (tertiary/aromatic N) is 2. The van der Waals surface area contributed by atoms with Crippen LogP contribution in [0.4, 0.5) is 11.4 Å². The van der Waals surface area contributed by atoms with Crippen molar-refractivity contribution in [2.75, 3.05) is 29.0 Å². The van der Waals surface area contributed by atoms with Crippen LogP contribution in [0, 0.1) is 0 Å². The smallest absolute Gasteiger partial charge is 0.232 e. The number of fused-ring (bicyclic) bond motifs is 1. The fourth-order valence-electron chi connectivity index (χ4n) is 3.81. The first-order chi connectivity index (χ1) is 13.3. The largest absolute Gasteiger partial charge is 0.330 e. The van der Waals surface area contributed by atoms with E-state index in [1.807, 2.05) is 18.2 Å². The Bertz CT molecular complexity index is 894. The lowest BCUT2D eigenvalue weighted by atomic mass is 10.0. The molecule has 8 heteroatoms. The van der Waals surface area contributed by atoms with Crippen LogP contribution in [-0.2, 0) is 16.4 Å². The lowest BCUT2D eigenvalue weighted by Gasteiger charge is -2.33. The number of benzene rings is 1. The van der Waals surface area contributed by atoms with Crippen LogP contribution < -0.4 is 20.3 Å². The summed E-state index contributed by atoms with van der Waals surface area (Å²) < 4.78 is 25.6. The molecule has 1 aromatic carbocycles. The number of nitrogens with one attached hydrogen (secondary N) is 3. The summed E-state index contributed by atoms with van der Waals surface area (Å²) in [6.45, 7) is 7.68. The highest BCUT2D eigenvalue weighted by Gasteiger charge is 2.30. The molecule has 0 aliphatic carbocycles. The fraction of sp³-hybridized carbons (Fsp3) is 0.550. The zero-order valence-corrected chi connectivity index (χ0v) is 18.0. The third-order valence-electron chi connectivity index (χ3n) is 5.15. The number of hydrogen-bond acceptors (Lipinski definition) is 6. The van der Waals surface area contributed by atoms with Crippen molar-refractivity contribution in [2.24, 2.45) is 4.99 Å². The molecule has 1 atom stereocenters. The summed E-state index contributed by atoms with van der Waals surface area (Å²) in [5, 5.41) is 10.2. The van der Waals surface area contributed by atoms with Crippen LogP contribution in [0.5, 0.6) is 0 Å². The van der Waals surface area contributed by atoms with Crippen LogP contribution in [0.15, 0.2) is 35.0 Å². The van der Waals surface area contributed by atoms with E-state index in [0.717, 1.165) is 54.9 Å². The van der Waals surface area contributed by atoms with Crippen molar-refractivity contribution in [1.82, 2.24) is 10.6 Å². The number of guanidine groups is 1. The minimum absolute atomic E-state index is 0.428. The lowest BCUT2D eigenvalue weighted by Crippen LogP contribution is -2.48. The average Bonchev–Trinajstić information content (AvgIpc) is 3.05. The highest BCUT2D eigenvalue weighted by molar-refractivity contribution is 7.92. The topological polar surface area (TPSA) is 85.8 Å². The summed E-state index contributed by atoms with van der Waals surface area (Å²) in [6, 6.07) is 5.87. The van der Waals surface area contributed by atoms with E-state index >= 15 is 0 Å². The van der Waals surface area contributed by atoms with E-state index in [2.05, 4.69) is 42.8 Å². The van der Waals surface area contributed by atoms with Gasteiger partial charge in [-0.1, -0.05) is 33.3 Å². The Morgan fingerprint density at radius 1 is 1.29 bits per heavy atom. The van der Waals surface area contributed by atoms with E-state index in [4.69, 9.17) is 4.99 Å². The van der Waals surface area contributed by atoms with Crippen molar-refractivity contribution in [2.45, 2.75) is 52.1 Å². The van der Waals surface area contributed by atoms with Crippen LogP contribution in [-0.4, -0.2) is 39.4 Å². The molecule has 3 N–H and O–H groups in total. The molecule has 0 radical (unpaired) electrons. The SMILES string of the molecule is CCCC1=CC(CC)(NCC)N=C(Nc2ccc3c(c2)N(S(C)(=O)=O)CC3)N1. The maximum absolute atomic E-state index is 12.1. The number of likely N-dealkylation sites (N-methyl/N-ethyl adjacent to an activating group) is 1. The molecule has 0 fully saturated rings. The minimum atomic E-state index is -3.27. The van der Waals surface area contributed by atoms with E-state index < -0.39 is 15.7 Å². The van der Waals surface area contributed by atoms with Gasteiger partial charge in [0.15, 0.2) is 0 Å². The molecular formula is C20H31N5O2S. The quantitative estimate of drug-likeness (QED) is 0.649. The lowest BCUT2D eigenvalue weighted by molar-refractivity contribution is 0.405. The Morgan fingerprint density at radius 3 is 2.71 bits per heavy atom. The maximum atomic E-state index is 12.1. The number of rotatable bonds is 7. The van der Waals surface area contributed by atoms with Gasteiger partial charge in [-0.05, 0) is 49.6 Å². The molecule has 28 heavy (non-hydrogen) atoms. The molecular weight excluding hydrogens is 374 g/mol. The highest BCUT2D eigenvalue weighted by Crippen LogP contribution is 2.33. The average molecular weight is 406 g/mol. The first-order valence-electron chi connectivity index (χ1n) is 10.0. The van der Waals surface area contributed by atoms with Crippen molar-refractivity contribution in [3.05, 3.63) is 35.5 Å². The first kappa shape index (κ1) is 20.7. The molecule has 3 rings (SSSR count). The summed E-state index contributed by atoms with van der Waals surface area (Å²) in [5.74, 6) is 0.678. The van der Waals surface area contributed by atoms with Crippen LogP contribution >= 0.6 is 0 Å². The van der Waals surface area contributed by atoms with Crippen LogP contribution in [0.1, 0.15) is 45.6 Å². The molecule has 154 valence electrons. The van der Waals surface area contributed by atoms with Crippen LogP contribution in [0.3, 0.4) is 0 Å².